The molecule has 1 rings (SSSR count). The Morgan fingerprint density at radius 1 is 1.53 bits per heavy atom. The van der Waals surface area contributed by atoms with Gasteiger partial charge < -0.3 is 9.47 Å². The van der Waals surface area contributed by atoms with Crippen LogP contribution >= 0.6 is 0 Å². The molecular weight excluding hydrogens is 203 g/mol. The van der Waals surface area contributed by atoms with E-state index in [0.29, 0.717) is 6.42 Å². The van der Waals surface area contributed by atoms with Gasteiger partial charge in [-0.05, 0) is 6.42 Å². The maximum atomic E-state index is 13.4. The molecule has 5 nitrogen and oxygen atoms in total. The van der Waals surface area contributed by atoms with Gasteiger partial charge in [-0.3, -0.25) is 0 Å². The van der Waals surface area contributed by atoms with Gasteiger partial charge >= 0.3 is 5.97 Å². The summed E-state index contributed by atoms with van der Waals surface area (Å²) in [4.78, 5) is 18.0. The number of halogens is 1. The second kappa shape index (κ2) is 5.23. The van der Waals surface area contributed by atoms with Crippen LogP contribution in [0.5, 0.6) is 5.88 Å². The van der Waals surface area contributed by atoms with Crippen molar-refractivity contribution in [1.29, 1.82) is 0 Å². The Morgan fingerprint density at radius 3 is 2.87 bits per heavy atom. The van der Waals surface area contributed by atoms with Crippen LogP contribution in [0.4, 0.5) is 4.39 Å². The Balaban J connectivity index is 2.73. The van der Waals surface area contributed by atoms with Crippen LogP contribution in [0.15, 0.2) is 6.33 Å². The highest BCUT2D eigenvalue weighted by atomic mass is 19.1. The fourth-order valence-electron chi connectivity index (χ4n) is 0.921. The van der Waals surface area contributed by atoms with E-state index in [1.54, 1.807) is 6.92 Å². The van der Waals surface area contributed by atoms with Gasteiger partial charge in [-0.15, -0.1) is 0 Å². The first-order chi connectivity index (χ1) is 7.19. The van der Waals surface area contributed by atoms with Crippen LogP contribution in [-0.2, 0) is 16.0 Å². The molecule has 6 heteroatoms. The van der Waals surface area contributed by atoms with Gasteiger partial charge in [-0.25, -0.2) is 9.78 Å². The quantitative estimate of drug-likeness (QED) is 0.691. The first-order valence-corrected chi connectivity index (χ1v) is 4.38. The minimum atomic E-state index is -0.635. The number of aryl methyl sites for hydroxylation is 1. The smallest absolute Gasteiger partial charge is 0.343 e. The van der Waals surface area contributed by atoms with E-state index in [1.807, 2.05) is 0 Å². The van der Waals surface area contributed by atoms with E-state index < -0.39 is 11.8 Å². The molecule has 82 valence electrons. The molecule has 0 amide bonds. The van der Waals surface area contributed by atoms with Crippen molar-refractivity contribution in [2.75, 3.05) is 13.7 Å². The van der Waals surface area contributed by atoms with E-state index in [1.165, 1.54) is 13.4 Å². The van der Waals surface area contributed by atoms with Crippen molar-refractivity contribution in [3.05, 3.63) is 17.8 Å². The standard InChI is InChI=1S/C9H11FN2O3/c1-3-6-8(10)9(12-5-11-6)15-4-7(13)14-2/h5H,3-4H2,1-2H3. The average molecular weight is 214 g/mol. The molecule has 0 saturated heterocycles. The molecule has 0 bridgehead atoms. The highest BCUT2D eigenvalue weighted by molar-refractivity contribution is 5.70. The molecule has 0 N–H and O–H groups in total. The fraction of sp³-hybridized carbons (Fsp3) is 0.444. The maximum Gasteiger partial charge on any atom is 0.343 e. The van der Waals surface area contributed by atoms with Crippen molar-refractivity contribution in [1.82, 2.24) is 9.97 Å². The summed E-state index contributed by atoms with van der Waals surface area (Å²) in [6.07, 6.45) is 1.62. The van der Waals surface area contributed by atoms with Gasteiger partial charge in [0.05, 0.1) is 12.8 Å². The third kappa shape index (κ3) is 2.87. The monoisotopic (exact) mass is 214 g/mol. The van der Waals surface area contributed by atoms with Crippen LogP contribution in [0.3, 0.4) is 0 Å². The Hall–Kier alpha value is -1.72. The largest absolute Gasteiger partial charge is 0.466 e. The van der Waals surface area contributed by atoms with Gasteiger partial charge in [0, 0.05) is 0 Å². The van der Waals surface area contributed by atoms with Crippen LogP contribution in [0.2, 0.25) is 0 Å². The number of nitrogens with zero attached hydrogens (tertiary/aromatic N) is 2. The molecule has 0 radical (unpaired) electrons. The SMILES string of the molecule is CCc1ncnc(OCC(=O)OC)c1F. The lowest BCUT2D eigenvalue weighted by molar-refractivity contribution is -0.143. The first-order valence-electron chi connectivity index (χ1n) is 4.38. The van der Waals surface area contributed by atoms with Crippen LogP contribution in [0.25, 0.3) is 0 Å². The molecule has 1 aromatic heterocycles. The number of aromatic nitrogens is 2. The number of hydrogen-bond donors (Lipinski definition) is 0. The molecule has 0 fully saturated rings. The molecule has 1 aromatic rings. The topological polar surface area (TPSA) is 61.3 Å². The molecule has 0 aromatic carbocycles. The number of hydrogen-bond acceptors (Lipinski definition) is 5. The number of rotatable bonds is 4. The highest BCUT2D eigenvalue weighted by Crippen LogP contribution is 2.15. The summed E-state index contributed by atoms with van der Waals surface area (Å²) in [7, 11) is 1.22. The van der Waals surface area contributed by atoms with Gasteiger partial charge in [0.25, 0.3) is 5.88 Å². The maximum absolute atomic E-state index is 13.4. The number of carbonyl (C=O) groups excluding carboxylic acids is 1. The Labute approximate surface area is 86.2 Å². The van der Waals surface area contributed by atoms with E-state index >= 15 is 0 Å². The van der Waals surface area contributed by atoms with E-state index in [2.05, 4.69) is 14.7 Å². The third-order valence-corrected chi connectivity index (χ3v) is 1.72. The second-order valence-corrected chi connectivity index (χ2v) is 2.66. The zero-order valence-electron chi connectivity index (χ0n) is 8.49. The van der Waals surface area contributed by atoms with Gasteiger partial charge in [-0.1, -0.05) is 6.92 Å². The van der Waals surface area contributed by atoms with Crippen molar-refractivity contribution in [3.63, 3.8) is 0 Å². The zero-order valence-corrected chi connectivity index (χ0v) is 8.49. The van der Waals surface area contributed by atoms with Gasteiger partial charge in [0.15, 0.2) is 6.61 Å². The predicted molar refractivity (Wildman–Crippen MR) is 48.9 cm³/mol. The van der Waals surface area contributed by atoms with Gasteiger partial charge in [0.2, 0.25) is 5.82 Å². The van der Waals surface area contributed by atoms with Crippen LogP contribution < -0.4 is 4.74 Å². The average Bonchev–Trinajstić information content (AvgIpc) is 2.27. The Morgan fingerprint density at radius 2 is 2.27 bits per heavy atom. The zero-order chi connectivity index (χ0) is 11.3. The summed E-state index contributed by atoms with van der Waals surface area (Å²) in [5.41, 5.74) is 0.255. The van der Waals surface area contributed by atoms with Crippen molar-refractivity contribution in [3.8, 4) is 5.88 Å². The van der Waals surface area contributed by atoms with Crippen LogP contribution in [0, 0.1) is 5.82 Å². The van der Waals surface area contributed by atoms with Crippen molar-refractivity contribution in [2.24, 2.45) is 0 Å². The van der Waals surface area contributed by atoms with E-state index in [0.717, 1.165) is 0 Å². The van der Waals surface area contributed by atoms with Gasteiger partial charge in [-0.2, -0.15) is 9.37 Å². The molecule has 0 aliphatic heterocycles. The van der Waals surface area contributed by atoms with Gasteiger partial charge in [0.1, 0.15) is 6.33 Å². The number of ether oxygens (including phenoxy) is 2. The molecule has 0 saturated carbocycles. The minimum absolute atomic E-state index is 0.229. The molecule has 0 spiro atoms. The molecule has 0 atom stereocenters. The molecule has 15 heavy (non-hydrogen) atoms. The Kier molecular flexibility index (Phi) is 3.96. The third-order valence-electron chi connectivity index (χ3n) is 1.72. The summed E-state index contributed by atoms with van der Waals surface area (Å²) >= 11 is 0. The fourth-order valence-corrected chi connectivity index (χ4v) is 0.921. The van der Waals surface area contributed by atoms with E-state index in [-0.39, 0.29) is 18.2 Å². The Bertz CT molecular complexity index is 357. The van der Waals surface area contributed by atoms with Crippen molar-refractivity contribution >= 4 is 5.97 Å². The highest BCUT2D eigenvalue weighted by Gasteiger charge is 2.12. The van der Waals surface area contributed by atoms with Crippen LogP contribution in [-0.4, -0.2) is 29.7 Å². The van der Waals surface area contributed by atoms with Crippen molar-refractivity contribution < 1.29 is 18.7 Å². The summed E-state index contributed by atoms with van der Waals surface area (Å²) < 4.78 is 22.6. The number of esters is 1. The number of methoxy groups -OCH3 is 1. The summed E-state index contributed by atoms with van der Waals surface area (Å²) in [5, 5.41) is 0. The number of carbonyl (C=O) groups is 1. The lowest BCUT2D eigenvalue weighted by Crippen LogP contribution is -2.14. The van der Waals surface area contributed by atoms with E-state index in [4.69, 9.17) is 4.74 Å². The summed E-state index contributed by atoms with van der Waals surface area (Å²) in [6, 6.07) is 0. The first kappa shape index (κ1) is 11.4. The summed E-state index contributed by atoms with van der Waals surface area (Å²) in [6.45, 7) is 1.39. The molecule has 1 heterocycles. The molecule has 0 aliphatic rings. The molecule has 0 unspecified atom stereocenters. The lowest BCUT2D eigenvalue weighted by atomic mass is 10.3. The molecular formula is C9H11FN2O3. The normalized spacial score (nSPS) is 9.80. The van der Waals surface area contributed by atoms with Crippen molar-refractivity contribution in [2.45, 2.75) is 13.3 Å². The van der Waals surface area contributed by atoms with Crippen LogP contribution in [0.1, 0.15) is 12.6 Å². The predicted octanol–water partition coefficient (Wildman–Crippen LogP) is 0.730. The van der Waals surface area contributed by atoms with E-state index in [9.17, 15) is 9.18 Å². The second-order valence-electron chi connectivity index (χ2n) is 2.66. The summed E-state index contributed by atoms with van der Waals surface area (Å²) in [5.74, 6) is -1.46. The lowest BCUT2D eigenvalue weighted by Gasteiger charge is -2.05. The molecule has 0 aliphatic carbocycles. The minimum Gasteiger partial charge on any atom is -0.466 e.